The Morgan fingerprint density at radius 2 is 2.73 bits per heavy atom. The standard InChI is InChI=1S/C7H10N2OS/c1-2-6-11-7(10)9-5-3-4-8-9/h2-4,8H,1,5-6H2. The molecule has 1 amide bonds. The fourth-order valence-electron chi connectivity index (χ4n) is 0.689. The quantitative estimate of drug-likeness (QED) is 0.635. The number of rotatable bonds is 2. The monoisotopic (exact) mass is 170 g/mol. The van der Waals surface area contributed by atoms with Crippen LogP contribution in [0.25, 0.3) is 0 Å². The van der Waals surface area contributed by atoms with Crippen LogP contribution in [0.5, 0.6) is 0 Å². The van der Waals surface area contributed by atoms with Gasteiger partial charge in [-0.3, -0.25) is 4.79 Å². The van der Waals surface area contributed by atoms with Gasteiger partial charge in [0.15, 0.2) is 0 Å². The number of amides is 1. The van der Waals surface area contributed by atoms with Gasteiger partial charge < -0.3 is 5.43 Å². The predicted molar refractivity (Wildman–Crippen MR) is 47.0 cm³/mol. The summed E-state index contributed by atoms with van der Waals surface area (Å²) in [5.41, 5.74) is 2.81. The van der Waals surface area contributed by atoms with E-state index in [1.54, 1.807) is 17.3 Å². The maximum Gasteiger partial charge on any atom is 0.300 e. The Morgan fingerprint density at radius 1 is 1.91 bits per heavy atom. The first kappa shape index (κ1) is 8.20. The van der Waals surface area contributed by atoms with Crippen molar-refractivity contribution in [2.45, 2.75) is 0 Å². The van der Waals surface area contributed by atoms with Gasteiger partial charge >= 0.3 is 5.24 Å². The van der Waals surface area contributed by atoms with E-state index in [0.717, 1.165) is 0 Å². The summed E-state index contributed by atoms with van der Waals surface area (Å²) in [5.74, 6) is 0.664. The van der Waals surface area contributed by atoms with Crippen LogP contribution < -0.4 is 5.43 Å². The molecule has 0 saturated heterocycles. The van der Waals surface area contributed by atoms with Crippen LogP contribution in [0.1, 0.15) is 0 Å². The summed E-state index contributed by atoms with van der Waals surface area (Å²) < 4.78 is 0. The highest BCUT2D eigenvalue weighted by atomic mass is 32.2. The molecule has 60 valence electrons. The lowest BCUT2D eigenvalue weighted by molar-refractivity contribution is 0.220. The summed E-state index contributed by atoms with van der Waals surface area (Å²) in [6.07, 6.45) is 5.37. The molecule has 1 heterocycles. The second-order valence-electron chi connectivity index (χ2n) is 2.01. The van der Waals surface area contributed by atoms with Gasteiger partial charge in [-0.25, -0.2) is 5.01 Å². The smallest absolute Gasteiger partial charge is 0.300 e. The Labute approximate surface area is 70.1 Å². The minimum absolute atomic E-state index is 0.0369. The van der Waals surface area contributed by atoms with Crippen molar-refractivity contribution in [2.24, 2.45) is 0 Å². The van der Waals surface area contributed by atoms with Gasteiger partial charge in [-0.15, -0.1) is 6.58 Å². The predicted octanol–water partition coefficient (Wildman–Crippen LogP) is 1.36. The van der Waals surface area contributed by atoms with Crippen molar-refractivity contribution in [1.29, 1.82) is 0 Å². The molecular formula is C7H10N2OS. The molecule has 0 spiro atoms. The zero-order valence-corrected chi connectivity index (χ0v) is 6.93. The second-order valence-corrected chi connectivity index (χ2v) is 2.98. The molecule has 1 aliphatic rings. The molecule has 0 fully saturated rings. The van der Waals surface area contributed by atoms with E-state index in [0.29, 0.717) is 12.3 Å². The average molecular weight is 170 g/mol. The van der Waals surface area contributed by atoms with Crippen LogP contribution in [0.15, 0.2) is 24.9 Å². The van der Waals surface area contributed by atoms with E-state index in [1.165, 1.54) is 11.8 Å². The summed E-state index contributed by atoms with van der Waals surface area (Å²) in [6.45, 7) is 4.19. The van der Waals surface area contributed by atoms with Gasteiger partial charge in [0.25, 0.3) is 0 Å². The number of carbonyl (C=O) groups excluding carboxylic acids is 1. The van der Waals surface area contributed by atoms with Crippen LogP contribution in [0.2, 0.25) is 0 Å². The zero-order valence-electron chi connectivity index (χ0n) is 6.12. The molecule has 1 aliphatic heterocycles. The van der Waals surface area contributed by atoms with E-state index in [-0.39, 0.29) is 5.24 Å². The van der Waals surface area contributed by atoms with E-state index in [2.05, 4.69) is 12.0 Å². The number of nitrogens with one attached hydrogen (secondary N) is 1. The average Bonchev–Trinajstić information content (AvgIpc) is 2.52. The lowest BCUT2D eigenvalue weighted by Crippen LogP contribution is -2.33. The number of thioether (sulfide) groups is 1. The third-order valence-electron chi connectivity index (χ3n) is 1.18. The lowest BCUT2D eigenvalue weighted by Gasteiger charge is -2.14. The minimum atomic E-state index is 0.0369. The van der Waals surface area contributed by atoms with Gasteiger partial charge in [-0.2, -0.15) is 0 Å². The molecule has 0 aliphatic carbocycles. The first-order chi connectivity index (χ1) is 5.34. The summed E-state index contributed by atoms with van der Waals surface area (Å²) in [4.78, 5) is 11.1. The van der Waals surface area contributed by atoms with Crippen LogP contribution in [-0.2, 0) is 0 Å². The Hall–Kier alpha value is -0.900. The topological polar surface area (TPSA) is 32.3 Å². The van der Waals surface area contributed by atoms with Crippen LogP contribution >= 0.6 is 11.8 Å². The molecule has 1 rings (SSSR count). The molecule has 0 unspecified atom stereocenters. The molecule has 0 aromatic heterocycles. The summed E-state index contributed by atoms with van der Waals surface area (Å²) in [5, 5.41) is 1.59. The van der Waals surface area contributed by atoms with E-state index in [4.69, 9.17) is 0 Å². The van der Waals surface area contributed by atoms with Crippen molar-refractivity contribution < 1.29 is 4.79 Å². The van der Waals surface area contributed by atoms with Crippen LogP contribution in [0.3, 0.4) is 0 Å². The van der Waals surface area contributed by atoms with Crippen molar-refractivity contribution in [3.63, 3.8) is 0 Å². The maximum absolute atomic E-state index is 11.1. The highest BCUT2D eigenvalue weighted by Gasteiger charge is 2.12. The third kappa shape index (κ3) is 2.31. The van der Waals surface area contributed by atoms with Crippen LogP contribution in [-0.4, -0.2) is 22.5 Å². The molecule has 0 radical (unpaired) electrons. The molecule has 0 saturated carbocycles. The molecule has 0 aromatic carbocycles. The van der Waals surface area contributed by atoms with Gasteiger partial charge in [0.05, 0.1) is 6.54 Å². The van der Waals surface area contributed by atoms with Crippen LogP contribution in [0.4, 0.5) is 4.79 Å². The highest BCUT2D eigenvalue weighted by molar-refractivity contribution is 8.13. The Balaban J connectivity index is 2.24. The van der Waals surface area contributed by atoms with Crippen molar-refractivity contribution in [3.05, 3.63) is 24.9 Å². The molecule has 1 N–H and O–H groups in total. The zero-order chi connectivity index (χ0) is 8.10. The van der Waals surface area contributed by atoms with Crippen LogP contribution in [0, 0.1) is 0 Å². The van der Waals surface area contributed by atoms with E-state index in [1.807, 2.05) is 6.08 Å². The molecule has 11 heavy (non-hydrogen) atoms. The Morgan fingerprint density at radius 3 is 3.27 bits per heavy atom. The molecule has 4 heteroatoms. The largest absolute Gasteiger partial charge is 0.303 e. The Kier molecular flexibility index (Phi) is 3.04. The van der Waals surface area contributed by atoms with Crippen molar-refractivity contribution in [2.75, 3.05) is 12.3 Å². The minimum Gasteiger partial charge on any atom is -0.303 e. The fraction of sp³-hybridized carbons (Fsp3) is 0.286. The van der Waals surface area contributed by atoms with E-state index < -0.39 is 0 Å². The van der Waals surface area contributed by atoms with E-state index >= 15 is 0 Å². The summed E-state index contributed by atoms with van der Waals surface area (Å²) >= 11 is 1.24. The first-order valence-corrected chi connectivity index (χ1v) is 4.29. The number of nitrogens with zero attached hydrogens (tertiary/aromatic N) is 1. The SMILES string of the molecule is C=CCSC(=O)N1CC=CN1. The fourth-order valence-corrected chi connectivity index (χ4v) is 1.23. The molecule has 0 bridgehead atoms. The number of hydrogen-bond donors (Lipinski definition) is 1. The van der Waals surface area contributed by atoms with Gasteiger partial charge in [0.1, 0.15) is 0 Å². The lowest BCUT2D eigenvalue weighted by atomic mass is 10.6. The van der Waals surface area contributed by atoms with E-state index in [9.17, 15) is 4.79 Å². The van der Waals surface area contributed by atoms with Gasteiger partial charge in [-0.05, 0) is 6.08 Å². The Bertz CT molecular complexity index is 183. The molecular weight excluding hydrogens is 160 g/mol. The highest BCUT2D eigenvalue weighted by Crippen LogP contribution is 2.08. The normalized spacial score (nSPS) is 14.7. The first-order valence-electron chi connectivity index (χ1n) is 3.31. The number of hydrazine groups is 1. The maximum atomic E-state index is 11.1. The molecule has 0 atom stereocenters. The second kappa shape index (κ2) is 4.08. The van der Waals surface area contributed by atoms with Gasteiger partial charge in [-0.1, -0.05) is 17.8 Å². The van der Waals surface area contributed by atoms with Gasteiger partial charge in [0.2, 0.25) is 0 Å². The molecule has 0 aromatic rings. The van der Waals surface area contributed by atoms with Gasteiger partial charge in [0, 0.05) is 12.0 Å². The number of carbonyl (C=O) groups is 1. The third-order valence-corrected chi connectivity index (χ3v) is 2.05. The van der Waals surface area contributed by atoms with Crippen molar-refractivity contribution in [1.82, 2.24) is 10.4 Å². The molecule has 3 nitrogen and oxygen atoms in total. The van der Waals surface area contributed by atoms with Crippen molar-refractivity contribution >= 4 is 17.0 Å². The summed E-state index contributed by atoms with van der Waals surface area (Å²) in [7, 11) is 0. The van der Waals surface area contributed by atoms with Crippen molar-refractivity contribution in [3.8, 4) is 0 Å². The number of hydrogen-bond acceptors (Lipinski definition) is 3. The summed E-state index contributed by atoms with van der Waals surface area (Å²) in [6, 6.07) is 0.